The average Bonchev–Trinajstić information content (AvgIpc) is 1.66. The molecule has 0 aliphatic carbocycles. The first kappa shape index (κ1) is 6.97. The SMILES string of the molecule is NOC=CCC(=O)O. The molecule has 0 saturated heterocycles. The van der Waals surface area contributed by atoms with E-state index in [1.807, 2.05) is 0 Å². The maximum atomic E-state index is 9.73. The lowest BCUT2D eigenvalue weighted by Gasteiger charge is -1.82. The monoisotopic (exact) mass is 117 g/mol. The molecule has 0 radical (unpaired) electrons. The van der Waals surface area contributed by atoms with E-state index in [9.17, 15) is 4.79 Å². The third kappa shape index (κ3) is 4.97. The number of nitrogens with two attached hydrogens (primary N) is 1. The summed E-state index contributed by atoms with van der Waals surface area (Å²) in [5.74, 6) is 3.63. The van der Waals surface area contributed by atoms with Crippen molar-refractivity contribution >= 4 is 5.97 Å². The molecule has 3 N–H and O–H groups in total. The van der Waals surface area contributed by atoms with Crippen LogP contribution in [-0.4, -0.2) is 11.1 Å². The highest BCUT2D eigenvalue weighted by molar-refractivity contribution is 5.68. The van der Waals surface area contributed by atoms with E-state index < -0.39 is 5.97 Å². The summed E-state index contributed by atoms with van der Waals surface area (Å²) in [6.45, 7) is 0. The molecule has 0 aromatic rings. The molecule has 46 valence electrons. The van der Waals surface area contributed by atoms with E-state index in [-0.39, 0.29) is 6.42 Å². The standard InChI is InChI=1S/C4H7NO3/c5-8-3-1-2-4(6)7/h1,3H,2,5H2,(H,6,7). The summed E-state index contributed by atoms with van der Waals surface area (Å²) < 4.78 is 0. The van der Waals surface area contributed by atoms with E-state index in [2.05, 4.69) is 10.7 Å². The molecule has 4 nitrogen and oxygen atoms in total. The molecule has 0 heterocycles. The molecule has 0 saturated carbocycles. The summed E-state index contributed by atoms with van der Waals surface area (Å²) in [5.41, 5.74) is 0. The van der Waals surface area contributed by atoms with Crippen LogP contribution in [0.15, 0.2) is 12.3 Å². The summed E-state index contributed by atoms with van der Waals surface area (Å²) in [7, 11) is 0. The van der Waals surface area contributed by atoms with Crippen molar-refractivity contribution in [2.24, 2.45) is 5.90 Å². The van der Waals surface area contributed by atoms with Crippen molar-refractivity contribution in [3.05, 3.63) is 12.3 Å². The molecule has 4 heteroatoms. The number of rotatable bonds is 3. The van der Waals surface area contributed by atoms with Gasteiger partial charge < -0.3 is 9.94 Å². The second kappa shape index (κ2) is 4.14. The summed E-state index contributed by atoms with van der Waals surface area (Å²) >= 11 is 0. The lowest BCUT2D eigenvalue weighted by Crippen LogP contribution is -1.92. The highest BCUT2D eigenvalue weighted by Gasteiger charge is 1.87. The molecular formula is C4H7NO3. The minimum Gasteiger partial charge on any atom is -0.481 e. The van der Waals surface area contributed by atoms with E-state index in [0.29, 0.717) is 0 Å². The van der Waals surface area contributed by atoms with Crippen LogP contribution >= 0.6 is 0 Å². The Hall–Kier alpha value is -1.03. The third-order valence-electron chi connectivity index (χ3n) is 0.467. The predicted octanol–water partition coefficient (Wildman–Crippen LogP) is -0.135. The Morgan fingerprint density at radius 3 is 2.88 bits per heavy atom. The van der Waals surface area contributed by atoms with E-state index in [1.165, 1.54) is 6.08 Å². The fourth-order valence-corrected chi connectivity index (χ4v) is 0.204. The summed E-state index contributed by atoms with van der Waals surface area (Å²) in [6, 6.07) is 0. The van der Waals surface area contributed by atoms with Gasteiger partial charge in [0.25, 0.3) is 0 Å². The first-order valence-electron chi connectivity index (χ1n) is 1.99. The predicted molar refractivity (Wildman–Crippen MR) is 26.7 cm³/mol. The first-order valence-corrected chi connectivity index (χ1v) is 1.99. The van der Waals surface area contributed by atoms with E-state index in [4.69, 9.17) is 5.11 Å². The number of aliphatic carboxylic acids is 1. The fourth-order valence-electron chi connectivity index (χ4n) is 0.204. The normalized spacial score (nSPS) is 9.62. The molecule has 8 heavy (non-hydrogen) atoms. The van der Waals surface area contributed by atoms with Gasteiger partial charge in [0.15, 0.2) is 0 Å². The molecule has 0 rings (SSSR count). The van der Waals surface area contributed by atoms with Gasteiger partial charge in [-0.2, -0.15) is 5.90 Å². The van der Waals surface area contributed by atoms with Gasteiger partial charge in [0.05, 0.1) is 6.42 Å². The fraction of sp³-hybridized carbons (Fsp3) is 0.250. The van der Waals surface area contributed by atoms with Gasteiger partial charge in [-0.05, 0) is 6.08 Å². The van der Waals surface area contributed by atoms with Gasteiger partial charge in [0, 0.05) is 0 Å². The molecule has 0 spiro atoms. The topological polar surface area (TPSA) is 72.5 Å². The number of carboxylic acids is 1. The Kier molecular flexibility index (Phi) is 3.60. The zero-order valence-corrected chi connectivity index (χ0v) is 4.20. The van der Waals surface area contributed by atoms with Gasteiger partial charge in [-0.25, -0.2) is 0 Å². The van der Waals surface area contributed by atoms with Gasteiger partial charge in [-0.15, -0.1) is 0 Å². The highest BCUT2D eigenvalue weighted by Crippen LogP contribution is 1.79. The van der Waals surface area contributed by atoms with E-state index >= 15 is 0 Å². The van der Waals surface area contributed by atoms with Crippen molar-refractivity contribution < 1.29 is 14.7 Å². The minimum atomic E-state index is -0.904. The Bertz CT molecular complexity index is 99.5. The van der Waals surface area contributed by atoms with Crippen molar-refractivity contribution in [2.45, 2.75) is 6.42 Å². The number of hydrogen-bond acceptors (Lipinski definition) is 3. The van der Waals surface area contributed by atoms with Crippen LogP contribution in [0.3, 0.4) is 0 Å². The maximum absolute atomic E-state index is 9.73. The van der Waals surface area contributed by atoms with E-state index in [1.54, 1.807) is 0 Å². The van der Waals surface area contributed by atoms with Crippen LogP contribution in [0.2, 0.25) is 0 Å². The summed E-state index contributed by atoms with van der Waals surface area (Å²) in [4.78, 5) is 13.7. The van der Waals surface area contributed by atoms with Gasteiger partial charge in [0.2, 0.25) is 0 Å². The van der Waals surface area contributed by atoms with Crippen molar-refractivity contribution in [1.82, 2.24) is 0 Å². The largest absolute Gasteiger partial charge is 0.481 e. The van der Waals surface area contributed by atoms with Crippen LogP contribution in [-0.2, 0) is 9.63 Å². The molecule has 0 aromatic heterocycles. The first-order chi connectivity index (χ1) is 3.77. The lowest BCUT2D eigenvalue weighted by molar-refractivity contribution is -0.136. The Morgan fingerprint density at radius 1 is 1.88 bits per heavy atom. The molecule has 0 fully saturated rings. The molecule has 0 aromatic carbocycles. The smallest absolute Gasteiger partial charge is 0.307 e. The number of hydrogen-bond donors (Lipinski definition) is 2. The van der Waals surface area contributed by atoms with Crippen LogP contribution < -0.4 is 5.90 Å². The van der Waals surface area contributed by atoms with Gasteiger partial charge in [-0.1, -0.05) is 0 Å². The second-order valence-corrected chi connectivity index (χ2v) is 1.11. The molecule has 0 amide bonds. The minimum absolute atomic E-state index is 0.0583. The molecule has 0 aliphatic heterocycles. The quantitative estimate of drug-likeness (QED) is 0.398. The third-order valence-corrected chi connectivity index (χ3v) is 0.467. The van der Waals surface area contributed by atoms with E-state index in [0.717, 1.165) is 6.26 Å². The molecule has 0 aliphatic rings. The molecule has 0 unspecified atom stereocenters. The molecule has 0 atom stereocenters. The van der Waals surface area contributed by atoms with Crippen LogP contribution in [0.4, 0.5) is 0 Å². The molecule has 0 bridgehead atoms. The van der Waals surface area contributed by atoms with Crippen LogP contribution in [0.1, 0.15) is 6.42 Å². The maximum Gasteiger partial charge on any atom is 0.307 e. The Labute approximate surface area is 46.5 Å². The summed E-state index contributed by atoms with van der Waals surface area (Å²) in [6.07, 6.45) is 2.37. The van der Waals surface area contributed by atoms with Crippen molar-refractivity contribution in [2.75, 3.05) is 0 Å². The second-order valence-electron chi connectivity index (χ2n) is 1.11. The Morgan fingerprint density at radius 2 is 2.50 bits per heavy atom. The Balaban J connectivity index is 3.16. The van der Waals surface area contributed by atoms with Crippen molar-refractivity contribution in [3.63, 3.8) is 0 Å². The van der Waals surface area contributed by atoms with Gasteiger partial charge >= 0.3 is 5.97 Å². The average molecular weight is 117 g/mol. The lowest BCUT2D eigenvalue weighted by atomic mass is 10.4. The summed E-state index contributed by atoms with van der Waals surface area (Å²) in [5, 5.41) is 7.99. The van der Waals surface area contributed by atoms with Crippen LogP contribution in [0.25, 0.3) is 0 Å². The van der Waals surface area contributed by atoms with Crippen molar-refractivity contribution in [1.29, 1.82) is 0 Å². The zero-order valence-electron chi connectivity index (χ0n) is 4.20. The molecular weight excluding hydrogens is 110 g/mol. The van der Waals surface area contributed by atoms with Gasteiger partial charge in [0.1, 0.15) is 6.26 Å². The number of carbonyl (C=O) groups is 1. The van der Waals surface area contributed by atoms with Crippen LogP contribution in [0, 0.1) is 0 Å². The van der Waals surface area contributed by atoms with Crippen LogP contribution in [0.5, 0.6) is 0 Å². The number of carboxylic acid groups (broad SMARTS) is 1. The highest BCUT2D eigenvalue weighted by atomic mass is 16.6. The van der Waals surface area contributed by atoms with Crippen molar-refractivity contribution in [3.8, 4) is 0 Å². The van der Waals surface area contributed by atoms with Gasteiger partial charge in [-0.3, -0.25) is 4.79 Å². The zero-order chi connectivity index (χ0) is 6.41.